The second-order valence-electron chi connectivity index (χ2n) is 9.21. The van der Waals surface area contributed by atoms with Crippen LogP contribution >= 0.6 is 11.6 Å². The summed E-state index contributed by atoms with van der Waals surface area (Å²) in [5, 5.41) is 5.64. The molecule has 9 heteroatoms. The first-order valence-electron chi connectivity index (χ1n) is 11.6. The van der Waals surface area contributed by atoms with E-state index in [2.05, 4.69) is 9.97 Å². The highest BCUT2D eigenvalue weighted by molar-refractivity contribution is 6.34. The molecule has 1 atom stereocenters. The third-order valence-corrected chi connectivity index (χ3v) is 6.32. The van der Waals surface area contributed by atoms with E-state index in [4.69, 9.17) is 27.2 Å². The second-order valence-corrected chi connectivity index (χ2v) is 10.2. The molecule has 1 aliphatic rings. The number of carbonyl (C=O) groups is 1. The van der Waals surface area contributed by atoms with Gasteiger partial charge in [0.05, 0.1) is 11.4 Å². The summed E-state index contributed by atoms with van der Waals surface area (Å²) in [6.07, 6.45) is 3.17. The van der Waals surface area contributed by atoms with Gasteiger partial charge in [0.25, 0.3) is 0 Å². The summed E-state index contributed by atoms with van der Waals surface area (Å²) in [5.74, 6) is 1.78. The fourth-order valence-corrected chi connectivity index (χ4v) is 4.59. The number of para-hydroxylation sites is 1. The van der Waals surface area contributed by atoms with Crippen LogP contribution in [-0.2, 0) is 4.79 Å². The molecule has 0 aliphatic carbocycles. The molecular formula is C26H27ClN6O2. The number of carbonyl (C=O) groups excluding carboxylic acids is 1. The van der Waals surface area contributed by atoms with E-state index in [1.165, 1.54) is 6.33 Å². The summed E-state index contributed by atoms with van der Waals surface area (Å²) >= 11 is 6.31. The largest absolute Gasteiger partial charge is 0.457 e. The fraction of sp³-hybridized carbons (Fsp3) is 0.308. The van der Waals surface area contributed by atoms with Gasteiger partial charge in [-0.25, -0.2) is 14.6 Å². The van der Waals surface area contributed by atoms with Crippen LogP contribution in [0.1, 0.15) is 32.7 Å². The Bertz CT molecular complexity index is 1350. The number of ether oxygens (including phenoxy) is 1. The molecule has 1 saturated heterocycles. The molecule has 4 aromatic rings. The van der Waals surface area contributed by atoms with Crippen molar-refractivity contribution in [2.24, 2.45) is 0 Å². The minimum absolute atomic E-state index is 0.0436. The topological polar surface area (TPSA) is 99.2 Å². The second kappa shape index (κ2) is 9.19. The maximum absolute atomic E-state index is 12.8. The van der Waals surface area contributed by atoms with Gasteiger partial charge in [-0.15, -0.1) is 11.6 Å². The number of fused-ring (bicyclic) bond motifs is 1. The summed E-state index contributed by atoms with van der Waals surface area (Å²) in [5.41, 5.74) is 8.52. The molecule has 8 nitrogen and oxygen atoms in total. The number of likely N-dealkylation sites (tertiary alicyclic amines) is 1. The van der Waals surface area contributed by atoms with Crippen LogP contribution in [-0.4, -0.2) is 48.5 Å². The van der Waals surface area contributed by atoms with Gasteiger partial charge in [-0.2, -0.15) is 5.10 Å². The van der Waals surface area contributed by atoms with Crippen molar-refractivity contribution in [3.63, 3.8) is 0 Å². The van der Waals surface area contributed by atoms with Gasteiger partial charge in [0, 0.05) is 18.7 Å². The van der Waals surface area contributed by atoms with Gasteiger partial charge in [0.1, 0.15) is 34.2 Å². The minimum Gasteiger partial charge on any atom is -0.457 e. The lowest BCUT2D eigenvalue weighted by atomic mass is 10.0. The van der Waals surface area contributed by atoms with Crippen molar-refractivity contribution in [1.82, 2.24) is 24.6 Å². The Morgan fingerprint density at radius 3 is 2.51 bits per heavy atom. The van der Waals surface area contributed by atoms with Gasteiger partial charge in [0.15, 0.2) is 5.65 Å². The van der Waals surface area contributed by atoms with Gasteiger partial charge in [-0.3, -0.25) is 4.79 Å². The summed E-state index contributed by atoms with van der Waals surface area (Å²) in [6.45, 7) is 4.64. The van der Waals surface area contributed by atoms with E-state index in [0.717, 1.165) is 29.9 Å². The highest BCUT2D eigenvalue weighted by Gasteiger charge is 2.34. The number of alkyl halides is 1. The van der Waals surface area contributed by atoms with Crippen LogP contribution in [0.4, 0.5) is 5.82 Å². The molecule has 0 saturated carbocycles. The van der Waals surface area contributed by atoms with Gasteiger partial charge in [0.2, 0.25) is 5.91 Å². The van der Waals surface area contributed by atoms with E-state index in [-0.39, 0.29) is 11.9 Å². The van der Waals surface area contributed by atoms with Gasteiger partial charge >= 0.3 is 0 Å². The molecule has 2 aromatic heterocycles. The molecule has 1 fully saturated rings. The first-order chi connectivity index (χ1) is 16.8. The molecule has 3 heterocycles. The summed E-state index contributed by atoms with van der Waals surface area (Å²) in [7, 11) is 0. The Kier molecular flexibility index (Phi) is 6.06. The zero-order chi connectivity index (χ0) is 24.6. The first kappa shape index (κ1) is 23.1. The van der Waals surface area contributed by atoms with Crippen molar-refractivity contribution in [2.75, 3.05) is 18.8 Å². The number of hydrogen-bond donors (Lipinski definition) is 1. The van der Waals surface area contributed by atoms with E-state index >= 15 is 0 Å². The number of nitrogens with two attached hydrogens (primary N) is 1. The summed E-state index contributed by atoms with van der Waals surface area (Å²) in [4.78, 5) is 22.4. The lowest BCUT2D eigenvalue weighted by Crippen LogP contribution is -2.47. The lowest BCUT2D eigenvalue weighted by Gasteiger charge is -2.35. The van der Waals surface area contributed by atoms with Crippen LogP contribution in [0.2, 0.25) is 0 Å². The van der Waals surface area contributed by atoms with Crippen molar-refractivity contribution in [1.29, 1.82) is 0 Å². The number of nitrogen functional groups attached to an aromatic ring is 1. The number of anilines is 1. The first-order valence-corrected chi connectivity index (χ1v) is 12.0. The van der Waals surface area contributed by atoms with Crippen molar-refractivity contribution >= 4 is 34.4 Å². The Hall–Kier alpha value is -3.65. The predicted molar refractivity (Wildman–Crippen MR) is 136 cm³/mol. The number of benzene rings is 2. The Balaban J connectivity index is 1.48. The number of hydrogen-bond acceptors (Lipinski definition) is 6. The maximum atomic E-state index is 12.8. The van der Waals surface area contributed by atoms with Gasteiger partial charge < -0.3 is 15.4 Å². The van der Waals surface area contributed by atoms with Crippen molar-refractivity contribution in [2.45, 2.75) is 37.6 Å². The lowest BCUT2D eigenvalue weighted by molar-refractivity contribution is -0.134. The SMILES string of the molecule is CC(C)(Cl)C(=O)N1CCC[C@@H](n2nc(-c3ccc(Oc4ccccc4)cc3)c3c(N)ncnc32)C1. The molecule has 0 unspecified atom stereocenters. The highest BCUT2D eigenvalue weighted by Crippen LogP contribution is 2.35. The number of aromatic nitrogens is 4. The van der Waals surface area contributed by atoms with Crippen molar-refractivity contribution in [3.05, 3.63) is 60.9 Å². The molecule has 2 aromatic carbocycles. The summed E-state index contributed by atoms with van der Waals surface area (Å²) in [6, 6.07) is 17.3. The highest BCUT2D eigenvalue weighted by atomic mass is 35.5. The molecule has 35 heavy (non-hydrogen) atoms. The third kappa shape index (κ3) is 4.66. The molecule has 5 rings (SSSR count). The molecule has 0 spiro atoms. The monoisotopic (exact) mass is 490 g/mol. The minimum atomic E-state index is -0.949. The van der Waals surface area contributed by atoms with Crippen LogP contribution < -0.4 is 10.5 Å². The van der Waals surface area contributed by atoms with E-state index < -0.39 is 4.87 Å². The van der Waals surface area contributed by atoms with Gasteiger partial charge in [-0.1, -0.05) is 18.2 Å². The molecule has 0 radical (unpaired) electrons. The zero-order valence-corrected chi connectivity index (χ0v) is 20.4. The molecule has 180 valence electrons. The Morgan fingerprint density at radius 1 is 1.09 bits per heavy atom. The van der Waals surface area contributed by atoms with Crippen LogP contribution in [0, 0.1) is 0 Å². The third-order valence-electron chi connectivity index (χ3n) is 6.16. The van der Waals surface area contributed by atoms with E-state index in [9.17, 15) is 4.79 Å². The molecule has 0 bridgehead atoms. The molecule has 2 N–H and O–H groups in total. The van der Waals surface area contributed by atoms with Crippen LogP contribution in [0.15, 0.2) is 60.9 Å². The zero-order valence-electron chi connectivity index (χ0n) is 19.7. The van der Waals surface area contributed by atoms with E-state index in [1.807, 2.05) is 64.2 Å². The Morgan fingerprint density at radius 2 is 1.80 bits per heavy atom. The molecular weight excluding hydrogens is 464 g/mol. The summed E-state index contributed by atoms with van der Waals surface area (Å²) < 4.78 is 7.81. The van der Waals surface area contributed by atoms with Crippen molar-refractivity contribution < 1.29 is 9.53 Å². The number of piperidine rings is 1. The molecule has 1 aliphatic heterocycles. The van der Waals surface area contributed by atoms with Gasteiger partial charge in [-0.05, 0) is 63.1 Å². The number of nitrogens with zero attached hydrogens (tertiary/aromatic N) is 5. The number of halogens is 1. The van der Waals surface area contributed by atoms with Crippen molar-refractivity contribution in [3.8, 4) is 22.8 Å². The van der Waals surface area contributed by atoms with E-state index in [0.29, 0.717) is 35.6 Å². The average Bonchev–Trinajstić information content (AvgIpc) is 3.25. The van der Waals surface area contributed by atoms with E-state index in [1.54, 1.807) is 13.8 Å². The van der Waals surface area contributed by atoms with Crippen LogP contribution in [0.25, 0.3) is 22.3 Å². The smallest absolute Gasteiger partial charge is 0.243 e. The number of rotatable bonds is 5. The number of amides is 1. The Labute approximate surface area is 208 Å². The fourth-order valence-electron chi connectivity index (χ4n) is 4.47. The average molecular weight is 491 g/mol. The quantitative estimate of drug-likeness (QED) is 0.393. The standard InChI is InChI=1S/C26H27ClN6O2/c1-26(2,27)25(34)32-14-6-7-18(15-32)33-24-21(23(28)29-16-30-24)22(31-33)17-10-12-20(13-11-17)35-19-8-4-3-5-9-19/h3-5,8-13,16,18H,6-7,14-15H2,1-2H3,(H2,28,29,30)/t18-/m1/s1. The molecule has 1 amide bonds. The van der Waals surface area contributed by atoms with Crippen LogP contribution in [0.3, 0.4) is 0 Å². The predicted octanol–water partition coefficient (Wildman–Crippen LogP) is 5.05. The normalized spacial score (nSPS) is 16.4. The maximum Gasteiger partial charge on any atom is 0.243 e. The van der Waals surface area contributed by atoms with Crippen LogP contribution in [0.5, 0.6) is 11.5 Å².